The topological polar surface area (TPSA) is 105 Å². The number of aromatic nitrogens is 4. The van der Waals surface area contributed by atoms with Crippen LogP contribution in [0.2, 0.25) is 0 Å². The van der Waals surface area contributed by atoms with Crippen LogP contribution in [-0.4, -0.2) is 42.1 Å². The van der Waals surface area contributed by atoms with Gasteiger partial charge in [0.25, 0.3) is 0 Å². The molecular weight excluding hydrogens is 437 g/mol. The second kappa shape index (κ2) is 6.56. The number of nitrogens with two attached hydrogens (primary N) is 1. The number of carbonyl (C=O) groups excluding carboxylic acids is 1. The molecule has 3 aromatic rings. The lowest BCUT2D eigenvalue weighted by molar-refractivity contribution is -0.165. The Morgan fingerprint density at radius 3 is 2.84 bits per heavy atom. The van der Waals surface area contributed by atoms with Crippen LogP contribution in [0.5, 0.6) is 0 Å². The molecule has 0 amide bonds. The Bertz CT molecular complexity index is 917. The number of benzene rings is 1. The van der Waals surface area contributed by atoms with Crippen molar-refractivity contribution in [3.05, 3.63) is 48.5 Å². The molecule has 2 N–H and O–H groups in total. The molecule has 0 bridgehead atoms. The van der Waals surface area contributed by atoms with Gasteiger partial charge in [0.1, 0.15) is 24.6 Å². The number of hydrogen-bond acceptors (Lipinski definition) is 7. The van der Waals surface area contributed by atoms with Crippen LogP contribution in [0.1, 0.15) is 16.6 Å². The maximum absolute atomic E-state index is 12.0. The van der Waals surface area contributed by atoms with Gasteiger partial charge < -0.3 is 15.2 Å². The molecule has 1 fully saturated rings. The maximum Gasteiger partial charge on any atom is 0.338 e. The summed E-state index contributed by atoms with van der Waals surface area (Å²) in [5, 5.41) is 0. The fourth-order valence-corrected chi connectivity index (χ4v) is 3.54. The number of anilines is 1. The van der Waals surface area contributed by atoms with Gasteiger partial charge in [0.05, 0.1) is 15.8 Å². The van der Waals surface area contributed by atoms with E-state index in [1.807, 2.05) is 10.6 Å². The van der Waals surface area contributed by atoms with Crippen LogP contribution in [-0.2, 0) is 9.47 Å². The quantitative estimate of drug-likeness (QED) is 0.367. The van der Waals surface area contributed by atoms with Gasteiger partial charge in [-0.05, 0) is 12.1 Å². The van der Waals surface area contributed by atoms with Crippen LogP contribution in [0.15, 0.2) is 43.0 Å². The second-order valence-electron chi connectivity index (χ2n) is 5.56. The van der Waals surface area contributed by atoms with Gasteiger partial charge in [-0.1, -0.05) is 40.8 Å². The van der Waals surface area contributed by atoms with Crippen molar-refractivity contribution in [1.82, 2.24) is 19.5 Å². The van der Waals surface area contributed by atoms with Gasteiger partial charge >= 0.3 is 5.97 Å². The van der Waals surface area contributed by atoms with E-state index in [1.54, 1.807) is 30.6 Å². The molecule has 9 heteroatoms. The van der Waals surface area contributed by atoms with E-state index in [0.717, 1.165) is 0 Å². The number of hydrogen-bond donors (Lipinski definition) is 1. The highest BCUT2D eigenvalue weighted by Crippen LogP contribution is 2.39. The first-order valence-corrected chi connectivity index (χ1v) is 8.84. The first-order chi connectivity index (χ1) is 12.1. The summed E-state index contributed by atoms with van der Waals surface area (Å²) in [5.74, 6) is -0.0220. The number of imidazole rings is 1. The normalized spacial score (nSPS) is 22.5. The van der Waals surface area contributed by atoms with Crippen LogP contribution < -0.4 is 5.73 Å². The highest BCUT2D eigenvalue weighted by Gasteiger charge is 2.43. The van der Waals surface area contributed by atoms with E-state index in [1.165, 1.54) is 6.33 Å². The number of nitrogens with zero attached hydrogens (tertiary/aromatic N) is 4. The predicted octanol–water partition coefficient (Wildman–Crippen LogP) is 1.97. The molecule has 0 spiro atoms. The van der Waals surface area contributed by atoms with Gasteiger partial charge in [-0.25, -0.2) is 19.7 Å². The zero-order chi connectivity index (χ0) is 17.4. The summed E-state index contributed by atoms with van der Waals surface area (Å²) in [6.07, 6.45) is 2.61. The Balaban J connectivity index is 1.40. The smallest absolute Gasteiger partial charge is 0.338 e. The zero-order valence-corrected chi connectivity index (χ0v) is 15.1. The van der Waals surface area contributed by atoms with Crippen LogP contribution in [0.4, 0.5) is 5.82 Å². The molecule has 3 atom stereocenters. The van der Waals surface area contributed by atoms with Crippen LogP contribution in [0, 0.1) is 0 Å². The van der Waals surface area contributed by atoms with Gasteiger partial charge in [0.2, 0.25) is 0 Å². The number of rotatable bonds is 4. The van der Waals surface area contributed by atoms with Crippen LogP contribution in [0.3, 0.4) is 0 Å². The van der Waals surface area contributed by atoms with Crippen molar-refractivity contribution in [3.63, 3.8) is 0 Å². The van der Waals surface area contributed by atoms with E-state index >= 15 is 0 Å². The molecule has 2 aromatic heterocycles. The molecule has 1 aliphatic heterocycles. The average Bonchev–Trinajstić information content (AvgIpc) is 3.06. The first-order valence-electron chi connectivity index (χ1n) is 7.60. The molecule has 0 aliphatic carbocycles. The number of ether oxygens (including phenoxy) is 2. The van der Waals surface area contributed by atoms with E-state index in [-0.39, 0.29) is 28.8 Å². The average molecular weight is 451 g/mol. The lowest BCUT2D eigenvalue weighted by atomic mass is 10.1. The Hall–Kier alpha value is -2.27. The van der Waals surface area contributed by atoms with Gasteiger partial charge in [0.15, 0.2) is 17.7 Å². The first kappa shape index (κ1) is 16.2. The standard InChI is InChI=1S/C16H14IN5O3/c17-11-10(6-24-16(23)9-4-2-1-3-5-9)25-15(11)22-8-21-12-13(18)19-7-20-14(12)22/h1-5,7-8,10-11,15H,6H2,(H2,18,19,20)/t10-,11-,15-/m0/s1. The fraction of sp³-hybridized carbons (Fsp3) is 0.250. The van der Waals surface area contributed by atoms with Crippen molar-refractivity contribution < 1.29 is 14.3 Å². The molecule has 0 saturated carbocycles. The molecule has 1 aromatic carbocycles. The molecular formula is C16H14IN5O3. The summed E-state index contributed by atoms with van der Waals surface area (Å²) < 4.78 is 13.1. The summed E-state index contributed by atoms with van der Waals surface area (Å²) in [5.41, 5.74) is 7.50. The molecule has 0 radical (unpaired) electrons. The molecule has 1 aliphatic rings. The highest BCUT2D eigenvalue weighted by molar-refractivity contribution is 14.1. The summed E-state index contributed by atoms with van der Waals surface area (Å²) in [6, 6.07) is 8.88. The summed E-state index contributed by atoms with van der Waals surface area (Å²) in [4.78, 5) is 24.4. The van der Waals surface area contributed by atoms with Crippen LogP contribution >= 0.6 is 22.6 Å². The molecule has 8 nitrogen and oxygen atoms in total. The number of esters is 1. The third kappa shape index (κ3) is 2.93. The lowest BCUT2D eigenvalue weighted by Crippen LogP contribution is -2.49. The van der Waals surface area contributed by atoms with Gasteiger partial charge in [-0.2, -0.15) is 0 Å². The second-order valence-corrected chi connectivity index (χ2v) is 7.00. The number of nitrogen functional groups attached to an aromatic ring is 1. The summed E-state index contributed by atoms with van der Waals surface area (Å²) in [7, 11) is 0. The number of carbonyl (C=O) groups is 1. The monoisotopic (exact) mass is 451 g/mol. The van der Waals surface area contributed by atoms with Crippen molar-refractivity contribution >= 4 is 45.5 Å². The van der Waals surface area contributed by atoms with Crippen molar-refractivity contribution in [2.24, 2.45) is 0 Å². The minimum absolute atomic E-state index is 0.106. The predicted molar refractivity (Wildman–Crippen MR) is 98.2 cm³/mol. The minimum atomic E-state index is -0.357. The van der Waals surface area contributed by atoms with Gasteiger partial charge in [-0.3, -0.25) is 4.57 Å². The minimum Gasteiger partial charge on any atom is -0.459 e. The molecule has 25 heavy (non-hydrogen) atoms. The number of halogens is 1. The van der Waals surface area contributed by atoms with E-state index in [2.05, 4.69) is 37.5 Å². The Morgan fingerprint density at radius 2 is 2.08 bits per heavy atom. The van der Waals surface area contributed by atoms with Crippen LogP contribution in [0.25, 0.3) is 11.2 Å². The molecule has 0 unspecified atom stereocenters. The highest BCUT2D eigenvalue weighted by atomic mass is 127. The van der Waals surface area contributed by atoms with Crippen molar-refractivity contribution in [3.8, 4) is 0 Å². The van der Waals surface area contributed by atoms with E-state index in [0.29, 0.717) is 22.5 Å². The number of fused-ring (bicyclic) bond motifs is 1. The van der Waals surface area contributed by atoms with Crippen molar-refractivity contribution in [2.45, 2.75) is 16.3 Å². The molecule has 1 saturated heterocycles. The van der Waals surface area contributed by atoms with E-state index in [4.69, 9.17) is 15.2 Å². The van der Waals surface area contributed by atoms with E-state index < -0.39 is 0 Å². The fourth-order valence-electron chi connectivity index (χ4n) is 2.65. The largest absolute Gasteiger partial charge is 0.459 e. The third-order valence-corrected chi connectivity index (χ3v) is 5.41. The SMILES string of the molecule is Nc1ncnc2c1ncn2[C@H]1O[C@@H](COC(=O)c2ccccc2)[C@@H]1I. The maximum atomic E-state index is 12.0. The summed E-state index contributed by atoms with van der Waals surface area (Å²) in [6.45, 7) is 0.196. The molecule has 128 valence electrons. The van der Waals surface area contributed by atoms with Gasteiger partial charge in [0, 0.05) is 0 Å². The lowest BCUT2D eigenvalue weighted by Gasteiger charge is -2.41. The molecule has 4 rings (SSSR count). The Labute approximate surface area is 156 Å². The van der Waals surface area contributed by atoms with Crippen molar-refractivity contribution in [1.29, 1.82) is 0 Å². The molecule has 3 heterocycles. The Kier molecular flexibility index (Phi) is 4.25. The van der Waals surface area contributed by atoms with Crippen molar-refractivity contribution in [2.75, 3.05) is 12.3 Å². The zero-order valence-electron chi connectivity index (χ0n) is 12.9. The Morgan fingerprint density at radius 1 is 1.28 bits per heavy atom. The van der Waals surface area contributed by atoms with E-state index in [9.17, 15) is 4.79 Å². The van der Waals surface area contributed by atoms with Gasteiger partial charge in [-0.15, -0.1) is 0 Å². The number of alkyl halides is 1. The third-order valence-electron chi connectivity index (χ3n) is 3.99. The summed E-state index contributed by atoms with van der Waals surface area (Å²) >= 11 is 2.28.